The monoisotopic (exact) mass is 251 g/mol. The van der Waals surface area contributed by atoms with Crippen LogP contribution in [-0.2, 0) is 4.79 Å². The summed E-state index contributed by atoms with van der Waals surface area (Å²) >= 11 is 0. The number of halogens is 2. The number of hydrogen-bond acceptors (Lipinski definition) is 2. The molecule has 3 nitrogen and oxygen atoms in total. The van der Waals surface area contributed by atoms with Crippen LogP contribution < -0.4 is 9.64 Å². The van der Waals surface area contributed by atoms with E-state index in [0.717, 1.165) is 6.07 Å². The van der Waals surface area contributed by atoms with Crippen molar-refractivity contribution in [3.8, 4) is 18.1 Å². The maximum atomic E-state index is 13.5. The lowest BCUT2D eigenvalue weighted by Gasteiger charge is -2.19. The zero-order valence-corrected chi connectivity index (χ0v) is 9.74. The maximum absolute atomic E-state index is 13.5. The molecule has 5 heteroatoms. The third kappa shape index (κ3) is 2.02. The van der Waals surface area contributed by atoms with Gasteiger partial charge in [-0.2, -0.15) is 0 Å². The number of methoxy groups -OCH3 is 1. The van der Waals surface area contributed by atoms with E-state index < -0.39 is 11.6 Å². The number of carbonyl (C=O) groups is 1. The highest BCUT2D eigenvalue weighted by molar-refractivity contribution is 5.97. The fourth-order valence-electron chi connectivity index (χ4n) is 2.00. The van der Waals surface area contributed by atoms with E-state index in [0.29, 0.717) is 6.07 Å². The second-order valence-electron chi connectivity index (χ2n) is 4.01. The zero-order valence-electron chi connectivity index (χ0n) is 9.74. The number of benzene rings is 1. The molecule has 1 amide bonds. The molecule has 0 saturated carbocycles. The summed E-state index contributed by atoms with van der Waals surface area (Å²) in [6, 6.07) is 1.78. The van der Waals surface area contributed by atoms with Crippen molar-refractivity contribution in [1.29, 1.82) is 0 Å². The Morgan fingerprint density at radius 2 is 2.22 bits per heavy atom. The normalized spacial score (nSPS) is 18.9. The smallest absolute Gasteiger partial charge is 0.228 e. The molecule has 1 unspecified atom stereocenters. The molecule has 0 N–H and O–H groups in total. The zero-order chi connectivity index (χ0) is 13.3. The van der Waals surface area contributed by atoms with Gasteiger partial charge in [-0.3, -0.25) is 4.79 Å². The quantitative estimate of drug-likeness (QED) is 0.752. The molecule has 1 heterocycles. The summed E-state index contributed by atoms with van der Waals surface area (Å²) < 4.78 is 31.6. The van der Waals surface area contributed by atoms with Crippen molar-refractivity contribution in [3.05, 3.63) is 23.8 Å². The highest BCUT2D eigenvalue weighted by Gasteiger charge is 2.32. The average Bonchev–Trinajstić information content (AvgIpc) is 2.69. The van der Waals surface area contributed by atoms with Gasteiger partial charge in [0.05, 0.1) is 12.8 Å². The third-order valence-corrected chi connectivity index (χ3v) is 2.84. The largest absolute Gasteiger partial charge is 0.492 e. The van der Waals surface area contributed by atoms with E-state index in [2.05, 4.69) is 5.92 Å². The van der Waals surface area contributed by atoms with Crippen LogP contribution in [0.2, 0.25) is 0 Å². The molecular formula is C13H11F2NO2. The number of anilines is 1. The second kappa shape index (κ2) is 4.65. The summed E-state index contributed by atoms with van der Waals surface area (Å²) in [6.45, 7) is 0.245. The first-order chi connectivity index (χ1) is 8.56. The molecule has 0 aromatic heterocycles. The molecule has 1 aliphatic rings. The van der Waals surface area contributed by atoms with Gasteiger partial charge in [-0.25, -0.2) is 8.78 Å². The summed E-state index contributed by atoms with van der Waals surface area (Å²) in [5.74, 6) is 0.208. The van der Waals surface area contributed by atoms with E-state index in [1.165, 1.54) is 12.0 Å². The lowest BCUT2D eigenvalue weighted by molar-refractivity contribution is -0.117. The molecule has 0 aliphatic carbocycles. The first-order valence-electron chi connectivity index (χ1n) is 5.36. The number of nitrogens with zero attached hydrogens (tertiary/aromatic N) is 1. The second-order valence-corrected chi connectivity index (χ2v) is 4.01. The predicted molar refractivity (Wildman–Crippen MR) is 62.2 cm³/mol. The number of terminal acetylenes is 1. The van der Waals surface area contributed by atoms with Gasteiger partial charge in [-0.15, -0.1) is 12.3 Å². The molecule has 1 fully saturated rings. The minimum Gasteiger partial charge on any atom is -0.492 e. The number of hydrogen-bond donors (Lipinski definition) is 0. The molecule has 18 heavy (non-hydrogen) atoms. The molecule has 2 rings (SSSR count). The van der Waals surface area contributed by atoms with E-state index in [1.807, 2.05) is 0 Å². The van der Waals surface area contributed by atoms with Gasteiger partial charge in [0.25, 0.3) is 0 Å². The van der Waals surface area contributed by atoms with Crippen LogP contribution in [0.25, 0.3) is 0 Å². The number of amides is 1. The summed E-state index contributed by atoms with van der Waals surface area (Å²) in [6.07, 6.45) is 5.44. The molecular weight excluding hydrogens is 240 g/mol. The molecule has 1 aromatic carbocycles. The van der Waals surface area contributed by atoms with Crippen LogP contribution >= 0.6 is 0 Å². The first kappa shape index (κ1) is 12.4. The van der Waals surface area contributed by atoms with Crippen LogP contribution in [-0.4, -0.2) is 19.6 Å². The fourth-order valence-corrected chi connectivity index (χ4v) is 2.00. The van der Waals surface area contributed by atoms with Crippen LogP contribution in [0.3, 0.4) is 0 Å². The Morgan fingerprint density at radius 1 is 1.50 bits per heavy atom. The third-order valence-electron chi connectivity index (χ3n) is 2.84. The van der Waals surface area contributed by atoms with Crippen molar-refractivity contribution in [3.63, 3.8) is 0 Å². The number of rotatable bonds is 2. The molecule has 1 atom stereocenters. The standard InChI is InChI=1S/C13H11F2NO2/c1-3-8-4-12(17)16(7-8)11-6-9(14)5-10(15)13(11)18-2/h1,5-6,8H,4,7H2,2H3. The molecule has 1 aliphatic heterocycles. The molecule has 0 radical (unpaired) electrons. The highest BCUT2D eigenvalue weighted by atomic mass is 19.1. The van der Waals surface area contributed by atoms with Crippen LogP contribution in [0.5, 0.6) is 5.75 Å². The van der Waals surface area contributed by atoms with Crippen molar-refractivity contribution >= 4 is 11.6 Å². The minimum absolute atomic E-state index is 0.0813. The van der Waals surface area contributed by atoms with Gasteiger partial charge in [0, 0.05) is 31.0 Å². The molecule has 1 aromatic rings. The van der Waals surface area contributed by atoms with Crippen molar-refractivity contribution in [2.45, 2.75) is 6.42 Å². The van der Waals surface area contributed by atoms with E-state index >= 15 is 0 Å². The van der Waals surface area contributed by atoms with E-state index in [9.17, 15) is 13.6 Å². The molecule has 94 valence electrons. The maximum Gasteiger partial charge on any atom is 0.228 e. The summed E-state index contributed by atoms with van der Waals surface area (Å²) in [4.78, 5) is 13.0. The van der Waals surface area contributed by atoms with Crippen LogP contribution in [0.1, 0.15) is 6.42 Å². The van der Waals surface area contributed by atoms with Crippen molar-refractivity contribution < 1.29 is 18.3 Å². The van der Waals surface area contributed by atoms with E-state index in [1.54, 1.807) is 0 Å². The Morgan fingerprint density at radius 3 is 2.78 bits per heavy atom. The Labute approximate surface area is 103 Å². The summed E-state index contributed by atoms with van der Waals surface area (Å²) in [5.41, 5.74) is 0.0813. The minimum atomic E-state index is -0.843. The SMILES string of the molecule is C#CC1CC(=O)N(c2cc(F)cc(F)c2OC)C1. The van der Waals surface area contributed by atoms with Gasteiger partial charge in [0.2, 0.25) is 5.91 Å². The lowest BCUT2D eigenvalue weighted by atomic mass is 10.1. The van der Waals surface area contributed by atoms with E-state index in [-0.39, 0.29) is 36.2 Å². The van der Waals surface area contributed by atoms with Gasteiger partial charge >= 0.3 is 0 Å². The topological polar surface area (TPSA) is 29.5 Å². The van der Waals surface area contributed by atoms with Crippen LogP contribution in [0.15, 0.2) is 12.1 Å². The van der Waals surface area contributed by atoms with Gasteiger partial charge in [-0.05, 0) is 0 Å². The Balaban J connectivity index is 2.45. The van der Waals surface area contributed by atoms with Gasteiger partial charge in [-0.1, -0.05) is 0 Å². The number of carbonyl (C=O) groups excluding carboxylic acids is 1. The Hall–Kier alpha value is -2.09. The van der Waals surface area contributed by atoms with Crippen molar-refractivity contribution in [2.24, 2.45) is 5.92 Å². The van der Waals surface area contributed by atoms with Gasteiger partial charge in [0.15, 0.2) is 11.6 Å². The van der Waals surface area contributed by atoms with Crippen molar-refractivity contribution in [2.75, 3.05) is 18.6 Å². The number of ether oxygens (including phenoxy) is 1. The van der Waals surface area contributed by atoms with Crippen LogP contribution in [0, 0.1) is 29.9 Å². The van der Waals surface area contributed by atoms with Gasteiger partial charge < -0.3 is 9.64 Å². The first-order valence-corrected chi connectivity index (χ1v) is 5.36. The van der Waals surface area contributed by atoms with E-state index in [4.69, 9.17) is 11.2 Å². The average molecular weight is 251 g/mol. The molecule has 0 bridgehead atoms. The molecule has 1 saturated heterocycles. The highest BCUT2D eigenvalue weighted by Crippen LogP contribution is 2.35. The fraction of sp³-hybridized carbons (Fsp3) is 0.308. The lowest BCUT2D eigenvalue weighted by Crippen LogP contribution is -2.25. The summed E-state index contributed by atoms with van der Waals surface area (Å²) in [7, 11) is 1.26. The molecule has 0 spiro atoms. The Bertz CT molecular complexity index is 537. The van der Waals surface area contributed by atoms with Crippen LogP contribution in [0.4, 0.5) is 14.5 Å². The predicted octanol–water partition coefficient (Wildman–Crippen LogP) is 1.96. The van der Waals surface area contributed by atoms with Crippen molar-refractivity contribution in [1.82, 2.24) is 0 Å². The van der Waals surface area contributed by atoms with Gasteiger partial charge in [0.1, 0.15) is 5.82 Å². The summed E-state index contributed by atoms with van der Waals surface area (Å²) in [5, 5.41) is 0. The Kier molecular flexibility index (Phi) is 3.19.